The maximum absolute atomic E-state index is 12.7. The predicted octanol–water partition coefficient (Wildman–Crippen LogP) is 10.4. The summed E-state index contributed by atoms with van der Waals surface area (Å²) >= 11 is 0. The average molecular weight is 785 g/mol. The number of hydrogen-bond acceptors (Lipinski definition) is 9. The van der Waals surface area contributed by atoms with Gasteiger partial charge in [-0.3, -0.25) is 4.79 Å². The van der Waals surface area contributed by atoms with Gasteiger partial charge < -0.3 is 39.4 Å². The van der Waals surface area contributed by atoms with Crippen LogP contribution in [0, 0.1) is 0 Å². The van der Waals surface area contributed by atoms with Crippen molar-refractivity contribution in [3.05, 3.63) is 12.2 Å². The lowest BCUT2D eigenvalue weighted by Crippen LogP contribution is -2.59. The van der Waals surface area contributed by atoms with E-state index in [-0.39, 0.29) is 19.2 Å². The van der Waals surface area contributed by atoms with Gasteiger partial charge in [-0.25, -0.2) is 0 Å². The summed E-state index contributed by atoms with van der Waals surface area (Å²) in [4.78, 5) is 12.7. The highest BCUT2D eigenvalue weighted by molar-refractivity contribution is 5.69. The van der Waals surface area contributed by atoms with Crippen LogP contribution in [0.1, 0.15) is 213 Å². The Hall–Kier alpha value is -1.07. The van der Waals surface area contributed by atoms with Crippen LogP contribution >= 0.6 is 0 Å². The summed E-state index contributed by atoms with van der Waals surface area (Å²) < 4.78 is 22.7. The van der Waals surface area contributed by atoms with E-state index in [0.29, 0.717) is 13.0 Å². The maximum atomic E-state index is 12.7. The van der Waals surface area contributed by atoms with E-state index in [1.807, 2.05) is 0 Å². The molecular weight excluding hydrogens is 696 g/mol. The van der Waals surface area contributed by atoms with Crippen LogP contribution in [0.25, 0.3) is 0 Å². The van der Waals surface area contributed by atoms with E-state index in [1.54, 1.807) is 0 Å². The topological polar surface area (TPSA) is 135 Å². The molecule has 6 atom stereocenters. The molecule has 0 spiro atoms. The second kappa shape index (κ2) is 38.4. The SMILES string of the molecule is CCCCCCCCCC/C=C\CCCCCCCCCCCCCCCC(=O)OC(COCCCCCCCCC)COC1OC(CO)C(O)C(O)C1O. The van der Waals surface area contributed by atoms with Crippen LogP contribution in [-0.4, -0.2) is 89.6 Å². The standard InChI is InChI=1S/C46H88O9/c1-3-5-7-9-11-12-13-14-15-16-17-18-19-20-21-22-23-24-25-26-27-28-29-31-33-35-42(48)54-40(38-52-36-34-32-30-10-8-6-4-2)39-53-46-45(51)44(50)43(49)41(37-47)55-46/h16-17,40-41,43-47,49-51H,3-15,18-39H2,1-2H3/b17-16-. The molecule has 326 valence electrons. The Morgan fingerprint density at radius 1 is 0.564 bits per heavy atom. The third kappa shape index (κ3) is 29.8. The first-order valence-corrected chi connectivity index (χ1v) is 23.3. The van der Waals surface area contributed by atoms with Crippen molar-refractivity contribution >= 4 is 5.97 Å². The van der Waals surface area contributed by atoms with Gasteiger partial charge in [0, 0.05) is 13.0 Å². The second-order valence-corrected chi connectivity index (χ2v) is 16.2. The molecule has 1 rings (SSSR count). The molecule has 1 heterocycles. The molecule has 0 aromatic carbocycles. The Morgan fingerprint density at radius 2 is 1.00 bits per heavy atom. The zero-order valence-electron chi connectivity index (χ0n) is 35.7. The van der Waals surface area contributed by atoms with Gasteiger partial charge >= 0.3 is 5.97 Å². The lowest BCUT2D eigenvalue weighted by atomic mass is 9.99. The van der Waals surface area contributed by atoms with Crippen molar-refractivity contribution in [1.82, 2.24) is 0 Å². The van der Waals surface area contributed by atoms with Crippen LogP contribution in [0.15, 0.2) is 12.2 Å². The molecular formula is C46H88O9. The van der Waals surface area contributed by atoms with E-state index >= 15 is 0 Å². The number of esters is 1. The van der Waals surface area contributed by atoms with Gasteiger partial charge in [0.1, 0.15) is 30.5 Å². The van der Waals surface area contributed by atoms with E-state index in [0.717, 1.165) is 32.1 Å². The summed E-state index contributed by atoms with van der Waals surface area (Å²) in [5.41, 5.74) is 0. The monoisotopic (exact) mass is 785 g/mol. The summed E-state index contributed by atoms with van der Waals surface area (Å²) in [7, 11) is 0. The Labute approximate surface area is 337 Å². The summed E-state index contributed by atoms with van der Waals surface area (Å²) in [5, 5.41) is 40.0. The molecule has 9 heteroatoms. The van der Waals surface area contributed by atoms with E-state index in [4.69, 9.17) is 18.9 Å². The fourth-order valence-electron chi connectivity index (χ4n) is 7.25. The molecule has 55 heavy (non-hydrogen) atoms. The van der Waals surface area contributed by atoms with E-state index in [1.165, 1.54) is 161 Å². The molecule has 6 unspecified atom stereocenters. The largest absolute Gasteiger partial charge is 0.457 e. The van der Waals surface area contributed by atoms with E-state index in [2.05, 4.69) is 26.0 Å². The summed E-state index contributed by atoms with van der Waals surface area (Å²) in [5.74, 6) is -0.313. The molecule has 0 aromatic heterocycles. The minimum Gasteiger partial charge on any atom is -0.457 e. The number of carbonyl (C=O) groups is 1. The number of rotatable bonds is 40. The van der Waals surface area contributed by atoms with Crippen LogP contribution in [0.4, 0.5) is 0 Å². The van der Waals surface area contributed by atoms with Crippen LogP contribution in [0.2, 0.25) is 0 Å². The molecule has 0 amide bonds. The number of hydrogen-bond donors (Lipinski definition) is 4. The van der Waals surface area contributed by atoms with Gasteiger partial charge in [-0.15, -0.1) is 0 Å². The van der Waals surface area contributed by atoms with Crippen LogP contribution in [0.5, 0.6) is 0 Å². The molecule has 0 radical (unpaired) electrons. The van der Waals surface area contributed by atoms with Crippen LogP contribution in [0.3, 0.4) is 0 Å². The Morgan fingerprint density at radius 3 is 1.47 bits per heavy atom. The van der Waals surface area contributed by atoms with Crippen molar-refractivity contribution < 1.29 is 44.2 Å². The summed E-state index contributed by atoms with van der Waals surface area (Å²) in [6.07, 6.45) is 35.5. The third-order valence-electron chi connectivity index (χ3n) is 10.9. The summed E-state index contributed by atoms with van der Waals surface area (Å²) in [6, 6.07) is 0. The number of aliphatic hydroxyl groups is 4. The van der Waals surface area contributed by atoms with Crippen molar-refractivity contribution in [2.75, 3.05) is 26.4 Å². The highest BCUT2D eigenvalue weighted by atomic mass is 16.7. The summed E-state index contributed by atoms with van der Waals surface area (Å²) in [6.45, 7) is 4.55. The van der Waals surface area contributed by atoms with Gasteiger partial charge in [-0.2, -0.15) is 0 Å². The van der Waals surface area contributed by atoms with Crippen LogP contribution < -0.4 is 0 Å². The van der Waals surface area contributed by atoms with Crippen LogP contribution in [-0.2, 0) is 23.7 Å². The van der Waals surface area contributed by atoms with E-state index in [9.17, 15) is 25.2 Å². The Bertz CT molecular complexity index is 853. The number of allylic oxidation sites excluding steroid dienone is 2. The second-order valence-electron chi connectivity index (χ2n) is 16.2. The molecule has 0 aromatic rings. The maximum Gasteiger partial charge on any atom is 0.306 e. The molecule has 4 N–H and O–H groups in total. The Balaban J connectivity index is 2.10. The van der Waals surface area contributed by atoms with Gasteiger partial charge in [0.05, 0.1) is 19.8 Å². The molecule has 1 fully saturated rings. The number of carbonyl (C=O) groups excluding carboxylic acids is 1. The first-order valence-electron chi connectivity index (χ1n) is 23.3. The van der Waals surface area contributed by atoms with Crippen molar-refractivity contribution in [3.8, 4) is 0 Å². The first kappa shape index (κ1) is 51.9. The average Bonchev–Trinajstić information content (AvgIpc) is 3.18. The van der Waals surface area contributed by atoms with Gasteiger partial charge in [0.15, 0.2) is 6.29 Å². The van der Waals surface area contributed by atoms with Gasteiger partial charge in [-0.05, 0) is 38.5 Å². The molecule has 1 aliphatic rings. The van der Waals surface area contributed by atoms with Crippen molar-refractivity contribution in [1.29, 1.82) is 0 Å². The lowest BCUT2D eigenvalue weighted by Gasteiger charge is -2.39. The number of unbranched alkanes of at least 4 members (excludes halogenated alkanes) is 27. The first-order chi connectivity index (χ1) is 26.9. The fourth-order valence-corrected chi connectivity index (χ4v) is 7.25. The molecule has 1 aliphatic heterocycles. The lowest BCUT2D eigenvalue weighted by molar-refractivity contribution is -0.305. The molecule has 0 bridgehead atoms. The smallest absolute Gasteiger partial charge is 0.306 e. The van der Waals surface area contributed by atoms with E-state index < -0.39 is 43.4 Å². The zero-order valence-corrected chi connectivity index (χ0v) is 35.7. The molecule has 1 saturated heterocycles. The highest BCUT2D eigenvalue weighted by Gasteiger charge is 2.44. The quantitative estimate of drug-likeness (QED) is 0.0272. The molecule has 9 nitrogen and oxygen atoms in total. The molecule has 0 saturated carbocycles. The third-order valence-corrected chi connectivity index (χ3v) is 10.9. The van der Waals surface area contributed by atoms with Crippen molar-refractivity contribution in [2.45, 2.75) is 250 Å². The molecule has 0 aliphatic carbocycles. The predicted molar refractivity (Wildman–Crippen MR) is 224 cm³/mol. The minimum absolute atomic E-state index is 0.109. The van der Waals surface area contributed by atoms with Crippen molar-refractivity contribution in [2.24, 2.45) is 0 Å². The number of ether oxygens (including phenoxy) is 4. The van der Waals surface area contributed by atoms with Gasteiger partial charge in [0.2, 0.25) is 0 Å². The number of aliphatic hydroxyl groups excluding tert-OH is 4. The van der Waals surface area contributed by atoms with Gasteiger partial charge in [-0.1, -0.05) is 180 Å². The Kier molecular flexibility index (Phi) is 36.3. The fraction of sp³-hybridized carbons (Fsp3) is 0.935. The zero-order chi connectivity index (χ0) is 40.0. The van der Waals surface area contributed by atoms with Crippen molar-refractivity contribution in [3.63, 3.8) is 0 Å². The van der Waals surface area contributed by atoms with Gasteiger partial charge in [0.25, 0.3) is 0 Å². The highest BCUT2D eigenvalue weighted by Crippen LogP contribution is 2.23. The minimum atomic E-state index is -1.53. The normalized spacial score (nSPS) is 20.7.